The summed E-state index contributed by atoms with van der Waals surface area (Å²) in [6.07, 6.45) is -4.18. The first-order valence-electron chi connectivity index (χ1n) is 6.94. The van der Waals surface area contributed by atoms with E-state index in [0.29, 0.717) is 17.8 Å². The van der Waals surface area contributed by atoms with Crippen LogP contribution in [-0.4, -0.2) is 24.4 Å². The molecule has 0 saturated carbocycles. The summed E-state index contributed by atoms with van der Waals surface area (Å²) in [5.74, 6) is -0.533. The van der Waals surface area contributed by atoms with Crippen LogP contribution in [0.3, 0.4) is 0 Å². The number of nitrogens with one attached hydrogen (secondary N) is 2. The molecule has 0 aromatic heterocycles. The molecule has 132 valence electrons. The van der Waals surface area contributed by atoms with Crippen LogP contribution in [0.2, 0.25) is 0 Å². The van der Waals surface area contributed by atoms with Crippen LogP contribution in [0.15, 0.2) is 53.4 Å². The lowest BCUT2D eigenvalue weighted by Gasteiger charge is -2.10. The van der Waals surface area contributed by atoms with Gasteiger partial charge < -0.3 is 15.4 Å². The number of carbonyl (C=O) groups is 2. The maximum Gasteiger partial charge on any atom is 0.573 e. The predicted molar refractivity (Wildman–Crippen MR) is 88.6 cm³/mol. The Morgan fingerprint density at radius 3 is 2.20 bits per heavy atom. The molecule has 0 atom stereocenters. The summed E-state index contributed by atoms with van der Waals surface area (Å²) >= 11 is 1.28. The van der Waals surface area contributed by atoms with Crippen molar-refractivity contribution in [2.24, 2.45) is 0 Å². The predicted octanol–water partition coefficient (Wildman–Crippen LogP) is 3.88. The molecule has 2 rings (SSSR count). The normalized spacial score (nSPS) is 10.8. The van der Waals surface area contributed by atoms with Gasteiger partial charge in [0, 0.05) is 16.3 Å². The Morgan fingerprint density at radius 1 is 1.04 bits per heavy atom. The number of hydrogen-bond donors (Lipinski definition) is 2. The number of hydrogen-bond acceptors (Lipinski definition) is 4. The quantitative estimate of drug-likeness (QED) is 0.573. The second kappa shape index (κ2) is 8.43. The van der Waals surface area contributed by atoms with Gasteiger partial charge in [-0.15, -0.1) is 24.9 Å². The van der Waals surface area contributed by atoms with Gasteiger partial charge in [-0.1, -0.05) is 0 Å². The van der Waals surface area contributed by atoms with Crippen molar-refractivity contribution in [2.75, 3.05) is 16.4 Å². The second-order valence-electron chi connectivity index (χ2n) is 4.70. The highest BCUT2D eigenvalue weighted by Crippen LogP contribution is 2.24. The molecule has 0 aliphatic carbocycles. The van der Waals surface area contributed by atoms with Crippen molar-refractivity contribution < 1.29 is 27.5 Å². The summed E-state index contributed by atoms with van der Waals surface area (Å²) in [6.45, 7) is 0. The molecule has 9 heteroatoms. The van der Waals surface area contributed by atoms with Crippen LogP contribution in [0, 0.1) is 0 Å². The smallest absolute Gasteiger partial charge is 0.406 e. The molecule has 5 nitrogen and oxygen atoms in total. The summed E-state index contributed by atoms with van der Waals surface area (Å²) in [4.78, 5) is 23.0. The van der Waals surface area contributed by atoms with Crippen molar-refractivity contribution in [2.45, 2.75) is 11.3 Å². The number of anilines is 2. The van der Waals surface area contributed by atoms with Gasteiger partial charge in [0.2, 0.25) is 12.3 Å². The van der Waals surface area contributed by atoms with Crippen molar-refractivity contribution in [3.63, 3.8) is 0 Å². The van der Waals surface area contributed by atoms with Gasteiger partial charge in [-0.25, -0.2) is 0 Å². The van der Waals surface area contributed by atoms with E-state index in [1.54, 1.807) is 24.3 Å². The molecule has 0 heterocycles. The van der Waals surface area contributed by atoms with Crippen molar-refractivity contribution >= 4 is 35.5 Å². The van der Waals surface area contributed by atoms with E-state index in [0.717, 1.165) is 17.0 Å². The van der Waals surface area contributed by atoms with Gasteiger partial charge in [0.15, 0.2) is 0 Å². The number of rotatable bonds is 7. The molecule has 25 heavy (non-hydrogen) atoms. The van der Waals surface area contributed by atoms with Crippen molar-refractivity contribution in [1.82, 2.24) is 0 Å². The average Bonchev–Trinajstić information content (AvgIpc) is 2.55. The molecular weight excluding hydrogens is 357 g/mol. The lowest BCUT2D eigenvalue weighted by molar-refractivity contribution is -0.274. The summed E-state index contributed by atoms with van der Waals surface area (Å²) < 4.78 is 39.9. The van der Waals surface area contributed by atoms with Gasteiger partial charge in [-0.2, -0.15) is 0 Å². The summed E-state index contributed by atoms with van der Waals surface area (Å²) in [5, 5.41) is 5.08. The fourth-order valence-electron chi connectivity index (χ4n) is 1.80. The third-order valence-electron chi connectivity index (χ3n) is 2.82. The maximum atomic E-state index is 12.1. The van der Waals surface area contributed by atoms with E-state index in [4.69, 9.17) is 0 Å². The number of benzene rings is 2. The van der Waals surface area contributed by atoms with Crippen LogP contribution >= 0.6 is 11.8 Å². The Bertz CT molecular complexity index is 719. The minimum absolute atomic E-state index is 0.126. The van der Waals surface area contributed by atoms with Gasteiger partial charge in [0.1, 0.15) is 5.75 Å². The van der Waals surface area contributed by atoms with Crippen LogP contribution in [0.1, 0.15) is 0 Å². The van der Waals surface area contributed by atoms with Gasteiger partial charge in [-0.05, 0) is 48.5 Å². The first-order valence-corrected chi connectivity index (χ1v) is 7.93. The number of carbonyl (C=O) groups excluding carboxylic acids is 2. The minimum Gasteiger partial charge on any atom is -0.406 e. The van der Waals surface area contributed by atoms with Crippen LogP contribution in [-0.2, 0) is 9.59 Å². The molecule has 0 fully saturated rings. The zero-order valence-electron chi connectivity index (χ0n) is 12.7. The maximum absolute atomic E-state index is 12.1. The first kappa shape index (κ1) is 18.7. The van der Waals surface area contributed by atoms with Crippen LogP contribution in [0.5, 0.6) is 5.75 Å². The number of halogens is 3. The van der Waals surface area contributed by atoms with E-state index >= 15 is 0 Å². The third-order valence-corrected chi connectivity index (χ3v) is 3.83. The first-order chi connectivity index (χ1) is 11.9. The summed E-state index contributed by atoms with van der Waals surface area (Å²) in [5.41, 5.74) is 1.01. The van der Waals surface area contributed by atoms with Gasteiger partial charge in [0.05, 0.1) is 5.75 Å². The number of ether oxygens (including phenoxy) is 1. The van der Waals surface area contributed by atoms with Crippen molar-refractivity contribution in [3.05, 3.63) is 48.5 Å². The highest BCUT2D eigenvalue weighted by molar-refractivity contribution is 8.00. The Morgan fingerprint density at radius 2 is 1.64 bits per heavy atom. The number of alkyl halides is 3. The molecule has 0 spiro atoms. The molecule has 0 radical (unpaired) electrons. The lowest BCUT2D eigenvalue weighted by atomic mass is 10.3. The monoisotopic (exact) mass is 370 g/mol. The Hall–Kier alpha value is -2.68. The Labute approximate surface area is 145 Å². The highest BCUT2D eigenvalue weighted by atomic mass is 32.2. The summed E-state index contributed by atoms with van der Waals surface area (Å²) in [6, 6.07) is 11.8. The second-order valence-corrected chi connectivity index (χ2v) is 5.74. The van der Waals surface area contributed by atoms with Crippen LogP contribution < -0.4 is 15.4 Å². The number of amides is 2. The van der Waals surface area contributed by atoms with Gasteiger partial charge >= 0.3 is 6.36 Å². The molecule has 0 saturated heterocycles. The molecule has 2 N–H and O–H groups in total. The topological polar surface area (TPSA) is 67.4 Å². The Balaban J connectivity index is 1.82. The van der Waals surface area contributed by atoms with E-state index in [2.05, 4.69) is 15.4 Å². The molecule has 0 aliphatic heterocycles. The zero-order chi connectivity index (χ0) is 18.3. The molecule has 2 amide bonds. The van der Waals surface area contributed by atoms with Gasteiger partial charge in [0.25, 0.3) is 0 Å². The third kappa shape index (κ3) is 6.76. The lowest BCUT2D eigenvalue weighted by Crippen LogP contribution is -2.17. The molecular formula is C16H13F3N2O3S. The molecule has 0 unspecified atom stereocenters. The van der Waals surface area contributed by atoms with E-state index in [1.165, 1.54) is 23.9 Å². The van der Waals surface area contributed by atoms with E-state index < -0.39 is 6.36 Å². The standard InChI is InChI=1S/C16H13F3N2O3S/c17-16(18,19)24-13-5-1-12(2-6-13)21-15(23)9-25-14-7-3-11(4-8-14)20-10-22/h1-8,10H,9H2,(H,20,22)(H,21,23). The molecule has 0 bridgehead atoms. The zero-order valence-corrected chi connectivity index (χ0v) is 13.5. The van der Waals surface area contributed by atoms with Crippen molar-refractivity contribution in [1.29, 1.82) is 0 Å². The Kier molecular flexibility index (Phi) is 6.29. The van der Waals surface area contributed by atoms with E-state index in [-0.39, 0.29) is 17.4 Å². The van der Waals surface area contributed by atoms with E-state index in [9.17, 15) is 22.8 Å². The SMILES string of the molecule is O=CNc1ccc(SCC(=O)Nc2ccc(OC(F)(F)F)cc2)cc1. The van der Waals surface area contributed by atoms with Crippen molar-refractivity contribution in [3.8, 4) is 5.75 Å². The van der Waals surface area contributed by atoms with Crippen LogP contribution in [0.25, 0.3) is 0 Å². The van der Waals surface area contributed by atoms with Crippen LogP contribution in [0.4, 0.5) is 24.5 Å². The van der Waals surface area contributed by atoms with Gasteiger partial charge in [-0.3, -0.25) is 9.59 Å². The number of thioether (sulfide) groups is 1. The molecule has 0 aliphatic rings. The average molecular weight is 370 g/mol. The minimum atomic E-state index is -4.75. The summed E-state index contributed by atoms with van der Waals surface area (Å²) in [7, 11) is 0. The highest BCUT2D eigenvalue weighted by Gasteiger charge is 2.30. The van der Waals surface area contributed by atoms with E-state index in [1.807, 2.05) is 0 Å². The fraction of sp³-hybridized carbons (Fsp3) is 0.125. The molecule has 2 aromatic carbocycles. The fourth-order valence-corrected chi connectivity index (χ4v) is 2.50. The largest absolute Gasteiger partial charge is 0.573 e. The molecule has 2 aromatic rings.